The van der Waals surface area contributed by atoms with Gasteiger partial charge in [0.15, 0.2) is 0 Å². The second kappa shape index (κ2) is 5.09. The quantitative estimate of drug-likeness (QED) is 0.823. The number of hydrogen-bond acceptors (Lipinski definition) is 4. The number of hydrogen-bond donors (Lipinski definition) is 0. The van der Waals surface area contributed by atoms with Crippen LogP contribution in [0.15, 0.2) is 33.5 Å². The molecule has 0 radical (unpaired) electrons. The zero-order valence-corrected chi connectivity index (χ0v) is 11.1. The smallest absolute Gasteiger partial charge is 0.388 e. The van der Waals surface area contributed by atoms with Gasteiger partial charge in [0.2, 0.25) is 11.8 Å². The molecular weight excluding hydrogens is 246 g/mol. The highest BCUT2D eigenvalue weighted by molar-refractivity contribution is 5.75. The van der Waals surface area contributed by atoms with Crippen molar-refractivity contribution >= 4 is 5.91 Å². The zero-order chi connectivity index (χ0) is 14.0. The van der Waals surface area contributed by atoms with Crippen molar-refractivity contribution in [1.29, 1.82) is 0 Å². The minimum atomic E-state index is -0.633. The second-order valence-electron chi connectivity index (χ2n) is 4.49. The Labute approximate surface area is 110 Å². The van der Waals surface area contributed by atoms with Gasteiger partial charge in [-0.1, -0.05) is 17.7 Å². The summed E-state index contributed by atoms with van der Waals surface area (Å²) in [5.41, 5.74) is 1.76. The molecule has 19 heavy (non-hydrogen) atoms. The van der Waals surface area contributed by atoms with E-state index in [1.54, 1.807) is 20.2 Å². The van der Waals surface area contributed by atoms with E-state index < -0.39 is 5.76 Å². The Bertz CT molecular complexity index is 655. The van der Waals surface area contributed by atoms with Crippen LogP contribution in [0.5, 0.6) is 0 Å². The van der Waals surface area contributed by atoms with Crippen molar-refractivity contribution in [3.8, 4) is 11.5 Å². The number of benzene rings is 1. The Balaban J connectivity index is 2.31. The highest BCUT2D eigenvalue weighted by Crippen LogP contribution is 2.16. The molecule has 0 aliphatic carbocycles. The molecule has 1 amide bonds. The van der Waals surface area contributed by atoms with Gasteiger partial charge in [-0.3, -0.25) is 4.79 Å². The van der Waals surface area contributed by atoms with Crippen molar-refractivity contribution in [3.05, 3.63) is 40.4 Å². The molecule has 100 valence electrons. The first-order chi connectivity index (χ1) is 8.97. The van der Waals surface area contributed by atoms with Gasteiger partial charge in [0.25, 0.3) is 0 Å². The summed E-state index contributed by atoms with van der Waals surface area (Å²) >= 11 is 0. The Morgan fingerprint density at radius 1 is 1.42 bits per heavy atom. The van der Waals surface area contributed by atoms with E-state index in [0.717, 1.165) is 10.2 Å². The normalized spacial score (nSPS) is 10.5. The molecule has 0 saturated heterocycles. The molecule has 0 spiro atoms. The second-order valence-corrected chi connectivity index (χ2v) is 4.49. The number of aryl methyl sites for hydroxylation is 1. The van der Waals surface area contributed by atoms with Crippen LogP contribution in [-0.4, -0.2) is 34.7 Å². The molecule has 6 nitrogen and oxygen atoms in total. The third-order valence-electron chi connectivity index (χ3n) is 2.66. The van der Waals surface area contributed by atoms with Crippen molar-refractivity contribution in [2.75, 3.05) is 14.1 Å². The number of aromatic nitrogens is 2. The van der Waals surface area contributed by atoms with Gasteiger partial charge in [-0.2, -0.15) is 4.68 Å². The first-order valence-electron chi connectivity index (χ1n) is 5.82. The number of rotatable bonds is 3. The number of amides is 1. The van der Waals surface area contributed by atoms with Gasteiger partial charge in [0, 0.05) is 19.7 Å². The summed E-state index contributed by atoms with van der Waals surface area (Å²) in [5.74, 6) is -0.627. The molecule has 1 aromatic heterocycles. The molecule has 0 fully saturated rings. The van der Waals surface area contributed by atoms with Crippen LogP contribution >= 0.6 is 0 Å². The average molecular weight is 261 g/mol. The van der Waals surface area contributed by atoms with Crippen molar-refractivity contribution in [2.45, 2.75) is 13.5 Å². The van der Waals surface area contributed by atoms with Gasteiger partial charge in [-0.15, -0.1) is 5.10 Å². The average Bonchev–Trinajstić information content (AvgIpc) is 2.71. The van der Waals surface area contributed by atoms with Crippen molar-refractivity contribution < 1.29 is 9.21 Å². The maximum atomic E-state index is 11.6. The van der Waals surface area contributed by atoms with E-state index >= 15 is 0 Å². The molecule has 1 heterocycles. The summed E-state index contributed by atoms with van der Waals surface area (Å²) in [7, 11) is 3.24. The Kier molecular flexibility index (Phi) is 3.50. The number of carbonyl (C=O) groups excluding carboxylic acids is 1. The molecule has 0 saturated carbocycles. The van der Waals surface area contributed by atoms with E-state index in [1.165, 1.54) is 4.90 Å². The van der Waals surface area contributed by atoms with Gasteiger partial charge in [0.05, 0.1) is 0 Å². The molecule has 0 atom stereocenters. The molecular formula is C13H15N3O3. The van der Waals surface area contributed by atoms with Crippen LogP contribution < -0.4 is 5.76 Å². The van der Waals surface area contributed by atoms with Crippen LogP contribution in [0.4, 0.5) is 0 Å². The summed E-state index contributed by atoms with van der Waals surface area (Å²) in [4.78, 5) is 24.6. The monoisotopic (exact) mass is 261 g/mol. The molecule has 1 aromatic carbocycles. The molecule has 0 unspecified atom stereocenters. The highest BCUT2D eigenvalue weighted by atomic mass is 16.4. The molecule has 0 N–H and O–H groups in total. The molecule has 6 heteroatoms. The first-order valence-corrected chi connectivity index (χ1v) is 5.82. The lowest BCUT2D eigenvalue weighted by atomic mass is 10.1. The SMILES string of the molecule is Cc1cccc(-c2nn(CC(=O)N(C)C)c(=O)o2)c1. The predicted molar refractivity (Wildman–Crippen MR) is 69.6 cm³/mol. The summed E-state index contributed by atoms with van der Waals surface area (Å²) in [6.07, 6.45) is 0. The van der Waals surface area contributed by atoms with E-state index in [9.17, 15) is 9.59 Å². The Morgan fingerprint density at radius 2 is 2.16 bits per heavy atom. The Hall–Kier alpha value is -2.37. The fourth-order valence-corrected chi connectivity index (χ4v) is 1.57. The molecule has 0 bridgehead atoms. The zero-order valence-electron chi connectivity index (χ0n) is 11.1. The topological polar surface area (TPSA) is 68.3 Å². The van der Waals surface area contributed by atoms with Crippen molar-refractivity contribution in [3.63, 3.8) is 0 Å². The minimum Gasteiger partial charge on any atom is -0.388 e. The van der Waals surface area contributed by atoms with E-state index in [-0.39, 0.29) is 18.3 Å². The van der Waals surface area contributed by atoms with Crippen molar-refractivity contribution in [1.82, 2.24) is 14.7 Å². The largest absolute Gasteiger partial charge is 0.437 e. The van der Waals surface area contributed by atoms with Gasteiger partial charge < -0.3 is 9.32 Å². The van der Waals surface area contributed by atoms with Crippen LogP contribution in [0.2, 0.25) is 0 Å². The van der Waals surface area contributed by atoms with E-state index in [1.807, 2.05) is 25.1 Å². The van der Waals surface area contributed by atoms with Crippen LogP contribution in [0, 0.1) is 6.92 Å². The fourth-order valence-electron chi connectivity index (χ4n) is 1.57. The van der Waals surface area contributed by atoms with Crippen LogP contribution in [-0.2, 0) is 11.3 Å². The summed E-state index contributed by atoms with van der Waals surface area (Å²) in [6, 6.07) is 7.46. The third kappa shape index (κ3) is 2.90. The van der Waals surface area contributed by atoms with E-state index in [0.29, 0.717) is 5.56 Å². The molecule has 0 aliphatic heterocycles. The maximum Gasteiger partial charge on any atom is 0.437 e. The summed E-state index contributed by atoms with van der Waals surface area (Å²) in [5, 5.41) is 4.03. The summed E-state index contributed by atoms with van der Waals surface area (Å²) < 4.78 is 6.09. The van der Waals surface area contributed by atoms with Crippen LogP contribution in [0.3, 0.4) is 0 Å². The number of carbonyl (C=O) groups is 1. The van der Waals surface area contributed by atoms with Gasteiger partial charge in [-0.25, -0.2) is 4.79 Å². The lowest BCUT2D eigenvalue weighted by Gasteiger charge is -2.08. The number of nitrogens with zero attached hydrogens (tertiary/aromatic N) is 3. The van der Waals surface area contributed by atoms with Crippen molar-refractivity contribution in [2.24, 2.45) is 0 Å². The van der Waals surface area contributed by atoms with E-state index in [4.69, 9.17) is 4.42 Å². The minimum absolute atomic E-state index is 0.124. The third-order valence-corrected chi connectivity index (χ3v) is 2.66. The van der Waals surface area contributed by atoms with E-state index in [2.05, 4.69) is 5.10 Å². The molecule has 0 aliphatic rings. The molecule has 2 rings (SSSR count). The standard InChI is InChI=1S/C13H15N3O3/c1-9-5-4-6-10(7-9)12-14-16(13(18)19-12)8-11(17)15(2)3/h4-7H,8H2,1-3H3. The highest BCUT2D eigenvalue weighted by Gasteiger charge is 2.14. The number of likely N-dealkylation sites (N-methyl/N-ethyl adjacent to an activating group) is 1. The van der Waals surface area contributed by atoms with Gasteiger partial charge in [0.1, 0.15) is 6.54 Å². The lowest BCUT2D eigenvalue weighted by molar-refractivity contribution is -0.129. The van der Waals surface area contributed by atoms with Gasteiger partial charge in [-0.05, 0) is 19.1 Å². The summed E-state index contributed by atoms with van der Waals surface area (Å²) in [6.45, 7) is 1.81. The van der Waals surface area contributed by atoms with Crippen LogP contribution in [0.1, 0.15) is 5.56 Å². The maximum absolute atomic E-state index is 11.6. The van der Waals surface area contributed by atoms with Crippen LogP contribution in [0.25, 0.3) is 11.5 Å². The van der Waals surface area contributed by atoms with Gasteiger partial charge >= 0.3 is 5.76 Å². The Morgan fingerprint density at radius 3 is 2.79 bits per heavy atom. The lowest BCUT2D eigenvalue weighted by Crippen LogP contribution is -2.30. The fraction of sp³-hybridized carbons (Fsp3) is 0.308. The molecule has 2 aromatic rings. The first kappa shape index (κ1) is 13.1. The predicted octanol–water partition coefficient (Wildman–Crippen LogP) is 0.900.